The monoisotopic (exact) mass is 1260 g/mol. The molecule has 32 nitrogen and oxygen atoms in total. The number of carboxylic acids is 1. The van der Waals surface area contributed by atoms with Crippen LogP contribution >= 0.6 is 33.3 Å². The van der Waals surface area contributed by atoms with Gasteiger partial charge in [0.05, 0.1) is 58.4 Å². The third-order valence-electron chi connectivity index (χ3n) is 11.9. The van der Waals surface area contributed by atoms with Crippen LogP contribution in [0.15, 0.2) is 30.3 Å². The van der Waals surface area contributed by atoms with E-state index in [9.17, 15) is 62.6 Å². The van der Waals surface area contributed by atoms with E-state index < -0.39 is 126 Å². The van der Waals surface area contributed by atoms with Crippen molar-refractivity contribution in [3.63, 3.8) is 0 Å². The maximum atomic E-state index is 14.5. The maximum absolute atomic E-state index is 14.5. The van der Waals surface area contributed by atoms with Gasteiger partial charge in [-0.3, -0.25) is 62.9 Å². The van der Waals surface area contributed by atoms with Gasteiger partial charge in [-0.05, 0) is 44.2 Å². The average molecular weight is 1260 g/mol. The summed E-state index contributed by atoms with van der Waals surface area (Å²) < 4.78 is 21.3. The number of hydrogen-bond donors (Lipinski definition) is 16. The first kappa shape index (κ1) is 72.2. The Balaban J connectivity index is 1.92. The SMILES string of the molecule is N=C(N)NCCC[C@@H]1NC(=O)[C@@H]2CSSC[C@H](NC(=O)[C@H](CC(=O)O)NC(=O)CNC1=O)C(=O)N[C@@H](Cc1ccccc1)C(=O)N[C@H](C(=O)NCCOCCOCCOCCNC(=O)COCC(N)=O)CSCC(=O)N[C@@H](CCCCN)C(=O)N2. The number of aliphatic carboxylic acids is 1. The quantitative estimate of drug-likeness (QED) is 0.0153. The summed E-state index contributed by atoms with van der Waals surface area (Å²) in [5.41, 5.74) is 16.7. The number of benzene rings is 1. The highest BCUT2D eigenvalue weighted by atomic mass is 33.1. The van der Waals surface area contributed by atoms with Gasteiger partial charge in [0.1, 0.15) is 55.5 Å². The molecule has 19 N–H and O–H groups in total. The summed E-state index contributed by atoms with van der Waals surface area (Å²) in [7, 11) is 1.88. The molecule has 1 aromatic carbocycles. The minimum atomic E-state index is -1.80. The van der Waals surface area contributed by atoms with Crippen molar-refractivity contribution in [2.45, 2.75) is 87.2 Å². The van der Waals surface area contributed by atoms with Crippen LogP contribution in [0.2, 0.25) is 0 Å². The average Bonchev–Trinajstić information content (AvgIpc) is 3.72. The van der Waals surface area contributed by atoms with Gasteiger partial charge in [-0.2, -0.15) is 0 Å². The van der Waals surface area contributed by atoms with Crippen LogP contribution in [0, 0.1) is 5.41 Å². The van der Waals surface area contributed by atoms with Gasteiger partial charge in [0, 0.05) is 43.3 Å². The molecular formula is C50H79N15O17S3. The first-order valence-corrected chi connectivity index (χ1v) is 30.8. The zero-order valence-electron chi connectivity index (χ0n) is 46.8. The minimum absolute atomic E-state index is 0.00339. The molecule has 1 aromatic rings. The third-order valence-corrected chi connectivity index (χ3v) is 15.3. The molecule has 0 unspecified atom stereocenters. The van der Waals surface area contributed by atoms with Crippen LogP contribution in [0.3, 0.4) is 0 Å². The summed E-state index contributed by atoms with van der Waals surface area (Å²) in [5.74, 6) is -12.0. The Hall–Kier alpha value is -7.02. The van der Waals surface area contributed by atoms with E-state index in [1.54, 1.807) is 30.3 Å². The molecule has 35 heteroatoms. The van der Waals surface area contributed by atoms with Crippen LogP contribution in [0.1, 0.15) is 44.1 Å². The molecule has 0 aromatic heterocycles. The number of hydrogen-bond acceptors (Lipinski definition) is 21. The fourth-order valence-corrected chi connectivity index (χ4v) is 10.8. The summed E-state index contributed by atoms with van der Waals surface area (Å²) in [4.78, 5) is 160. The van der Waals surface area contributed by atoms with Gasteiger partial charge in [-0.25, -0.2) is 0 Å². The number of carbonyl (C=O) groups excluding carboxylic acids is 11. The Labute approximate surface area is 502 Å². The lowest BCUT2D eigenvalue weighted by atomic mass is 10.0. The second-order valence-electron chi connectivity index (χ2n) is 18.8. The first-order chi connectivity index (χ1) is 40.8. The highest BCUT2D eigenvalue weighted by Crippen LogP contribution is 2.24. The number of amides is 11. The van der Waals surface area contributed by atoms with Crippen LogP contribution < -0.4 is 75.7 Å². The predicted molar refractivity (Wildman–Crippen MR) is 312 cm³/mol. The smallest absolute Gasteiger partial charge is 0.305 e. The van der Waals surface area contributed by atoms with Crippen LogP contribution in [0.4, 0.5) is 0 Å². The number of nitrogens with one attached hydrogen (secondary N) is 12. The molecule has 0 radical (unpaired) electrons. The van der Waals surface area contributed by atoms with E-state index in [0.29, 0.717) is 18.4 Å². The van der Waals surface area contributed by atoms with E-state index in [-0.39, 0.29) is 134 Å². The van der Waals surface area contributed by atoms with Gasteiger partial charge in [0.25, 0.3) is 0 Å². The van der Waals surface area contributed by atoms with Crippen LogP contribution in [0.25, 0.3) is 0 Å². The molecular weight excluding hydrogens is 1180 g/mol. The Morgan fingerprint density at radius 3 is 1.76 bits per heavy atom. The molecule has 0 spiro atoms. The van der Waals surface area contributed by atoms with Crippen LogP contribution in [-0.2, 0) is 82.9 Å². The highest BCUT2D eigenvalue weighted by molar-refractivity contribution is 8.76. The molecule has 0 aliphatic carbocycles. The number of thioether (sulfide) groups is 1. The number of unbranched alkanes of at least 4 members (excludes halogenated alkanes) is 1. The molecule has 2 aliphatic rings. The van der Waals surface area contributed by atoms with Crippen molar-refractivity contribution in [2.75, 3.05) is 109 Å². The van der Waals surface area contributed by atoms with Crippen molar-refractivity contribution >= 4 is 110 Å². The van der Waals surface area contributed by atoms with E-state index >= 15 is 0 Å². The molecule has 7 atom stereocenters. The number of rotatable bonds is 29. The molecule has 2 saturated heterocycles. The van der Waals surface area contributed by atoms with E-state index in [4.69, 9.17) is 41.6 Å². The summed E-state index contributed by atoms with van der Waals surface area (Å²) in [6.07, 6.45) is -0.151. The molecule has 3 rings (SSSR count). The van der Waals surface area contributed by atoms with Crippen LogP contribution in [-0.4, -0.2) is 233 Å². The van der Waals surface area contributed by atoms with Gasteiger partial charge in [-0.1, -0.05) is 51.9 Å². The predicted octanol–water partition coefficient (Wildman–Crippen LogP) is -6.47. The Bertz CT molecular complexity index is 2390. The fraction of sp³-hybridized carbons (Fsp3) is 0.620. The van der Waals surface area contributed by atoms with Gasteiger partial charge in [0.2, 0.25) is 65.0 Å². The number of carbonyl (C=O) groups is 12. The molecule has 474 valence electrons. The molecule has 2 aliphatic heterocycles. The third kappa shape index (κ3) is 31.6. The van der Waals surface area contributed by atoms with Gasteiger partial charge in [0.15, 0.2) is 5.96 Å². The van der Waals surface area contributed by atoms with Crippen LogP contribution in [0.5, 0.6) is 0 Å². The van der Waals surface area contributed by atoms with Crippen molar-refractivity contribution in [3.05, 3.63) is 35.9 Å². The normalized spacial score (nSPS) is 21.7. The Morgan fingerprint density at radius 1 is 0.588 bits per heavy atom. The summed E-state index contributed by atoms with van der Waals surface area (Å²) in [6, 6.07) is -1.74. The zero-order chi connectivity index (χ0) is 62.4. The van der Waals surface area contributed by atoms with Crippen molar-refractivity contribution in [3.8, 4) is 0 Å². The van der Waals surface area contributed by atoms with Gasteiger partial charge < -0.3 is 99.7 Å². The molecule has 2 bridgehead atoms. The van der Waals surface area contributed by atoms with E-state index in [0.717, 1.165) is 33.3 Å². The van der Waals surface area contributed by atoms with Gasteiger partial charge >= 0.3 is 5.97 Å². The topological polar surface area (TPSA) is 496 Å². The molecule has 11 amide bonds. The van der Waals surface area contributed by atoms with Crippen molar-refractivity contribution in [2.24, 2.45) is 17.2 Å². The number of guanidine groups is 1. The standard InChI is InChI=1S/C50H79N15O17S3/c51-11-5-4-9-32-45(74)64-36-27-84-85-28-37(65-47(76)34(22-42(70)71)60-39(67)23-58-43(72)31(61-48(36)77)10-6-12-57-50(53)54)49(78)62-33(21-30-7-2-1-3-8-30)46(75)63-35(26-83-29-41(69)59-32)44(73)56-14-16-80-18-20-81-19-17-79-15-13-55-40(68)25-82-24-38(52)66/h1-3,7-8,31-37H,4-6,9-29,51H2,(H2,52,66)(H,55,68)(H,56,73)(H,58,72)(H,59,69)(H,60,67)(H,61,77)(H,62,78)(H,63,75)(H,64,74)(H,65,76)(H,70,71)(H4,53,54,57)/t31-,32-,33-,34-,35-,36-,37-/m0/s1. The number of primary amides is 1. The number of fused-ring (bicyclic) bond motifs is 5. The second-order valence-corrected chi connectivity index (χ2v) is 22.4. The lowest BCUT2D eigenvalue weighted by molar-refractivity contribution is -0.141. The molecule has 2 heterocycles. The summed E-state index contributed by atoms with van der Waals surface area (Å²) in [6.45, 7) is -0.140. The lowest BCUT2D eigenvalue weighted by Crippen LogP contribution is -2.60. The highest BCUT2D eigenvalue weighted by Gasteiger charge is 2.35. The zero-order valence-corrected chi connectivity index (χ0v) is 49.3. The number of nitrogens with two attached hydrogens (primary N) is 3. The number of ether oxygens (including phenoxy) is 4. The Morgan fingerprint density at radius 2 is 1.15 bits per heavy atom. The summed E-state index contributed by atoms with van der Waals surface area (Å²) >= 11 is 0.928. The van der Waals surface area contributed by atoms with Gasteiger partial charge in [-0.15, -0.1) is 11.8 Å². The van der Waals surface area contributed by atoms with Crippen molar-refractivity contribution in [1.29, 1.82) is 5.41 Å². The maximum Gasteiger partial charge on any atom is 0.305 e. The van der Waals surface area contributed by atoms with E-state index in [1.165, 1.54) is 0 Å². The fourth-order valence-electron chi connectivity index (χ4n) is 7.66. The second kappa shape index (κ2) is 41.9. The molecule has 2 fully saturated rings. The first-order valence-electron chi connectivity index (χ1n) is 27.1. The van der Waals surface area contributed by atoms with Crippen molar-refractivity contribution in [1.82, 2.24) is 58.5 Å². The lowest BCUT2D eigenvalue weighted by Gasteiger charge is -2.27. The number of carboxylic acid groups (broad SMARTS) is 1. The minimum Gasteiger partial charge on any atom is -0.481 e. The molecule has 85 heavy (non-hydrogen) atoms. The Kier molecular flexibility index (Phi) is 35.6. The molecule has 0 saturated carbocycles. The summed E-state index contributed by atoms with van der Waals surface area (Å²) in [5, 5.41) is 45.5. The van der Waals surface area contributed by atoms with E-state index in [2.05, 4.69) is 58.5 Å². The largest absolute Gasteiger partial charge is 0.481 e. The van der Waals surface area contributed by atoms with E-state index in [1.807, 2.05) is 0 Å². The van der Waals surface area contributed by atoms with Crippen molar-refractivity contribution < 1.29 is 81.6 Å².